The van der Waals surface area contributed by atoms with Gasteiger partial charge in [0, 0.05) is 57.2 Å². The summed E-state index contributed by atoms with van der Waals surface area (Å²) in [5.74, 6) is 1.68. The van der Waals surface area contributed by atoms with Crippen molar-refractivity contribution in [2.24, 2.45) is 4.99 Å². The normalized spacial score (nSPS) is 14.5. The Kier molecular flexibility index (Phi) is 8.63. The van der Waals surface area contributed by atoms with Crippen LogP contribution in [0.3, 0.4) is 0 Å². The van der Waals surface area contributed by atoms with Gasteiger partial charge < -0.3 is 20.4 Å². The van der Waals surface area contributed by atoms with E-state index in [9.17, 15) is 4.79 Å². The van der Waals surface area contributed by atoms with E-state index in [0.717, 1.165) is 69.6 Å². The van der Waals surface area contributed by atoms with Crippen molar-refractivity contribution >= 4 is 17.8 Å². The molecule has 3 rings (SSSR count). The zero-order chi connectivity index (χ0) is 21.9. The number of amides is 1. The first-order chi connectivity index (χ1) is 15.2. The lowest BCUT2D eigenvalue weighted by molar-refractivity contribution is 0.0953. The average molecular weight is 424 g/mol. The van der Waals surface area contributed by atoms with Crippen molar-refractivity contribution in [3.8, 4) is 0 Å². The molecule has 0 spiro atoms. The molecule has 1 aromatic heterocycles. The summed E-state index contributed by atoms with van der Waals surface area (Å²) in [5, 5.41) is 6.35. The van der Waals surface area contributed by atoms with Gasteiger partial charge in [-0.05, 0) is 37.1 Å². The lowest BCUT2D eigenvalue weighted by Gasteiger charge is -2.36. The Labute approximate surface area is 184 Å². The maximum Gasteiger partial charge on any atom is 0.251 e. The zero-order valence-electron chi connectivity index (χ0n) is 18.5. The van der Waals surface area contributed by atoms with E-state index in [0.29, 0.717) is 12.1 Å². The molecule has 8 heteroatoms. The van der Waals surface area contributed by atoms with Gasteiger partial charge >= 0.3 is 0 Å². The minimum absolute atomic E-state index is 0.0166. The lowest BCUT2D eigenvalue weighted by atomic mass is 10.1. The third-order valence-electron chi connectivity index (χ3n) is 5.19. The van der Waals surface area contributed by atoms with E-state index < -0.39 is 0 Å². The van der Waals surface area contributed by atoms with Crippen LogP contribution in [0.1, 0.15) is 42.6 Å². The Morgan fingerprint density at radius 3 is 2.39 bits per heavy atom. The molecular formula is C23H33N7O. The number of benzene rings is 1. The molecule has 1 fully saturated rings. The Morgan fingerprint density at radius 2 is 1.74 bits per heavy atom. The number of hydrogen-bond acceptors (Lipinski definition) is 5. The Balaban J connectivity index is 1.55. The summed E-state index contributed by atoms with van der Waals surface area (Å²) < 4.78 is 0. The number of aliphatic imine (C=N–C) groups is 1. The third kappa shape index (κ3) is 6.67. The minimum atomic E-state index is -0.0166. The number of carbonyl (C=O) groups excluding carboxylic acids is 1. The van der Waals surface area contributed by atoms with Crippen molar-refractivity contribution in [2.75, 3.05) is 44.2 Å². The number of nitrogens with one attached hydrogen (secondary N) is 2. The number of nitrogens with zero attached hydrogens (tertiary/aromatic N) is 5. The highest BCUT2D eigenvalue weighted by atomic mass is 16.1. The number of unbranched alkanes of at least 4 members (excludes halogenated alkanes) is 1. The van der Waals surface area contributed by atoms with E-state index in [4.69, 9.17) is 4.99 Å². The average Bonchev–Trinajstić information content (AvgIpc) is 2.83. The van der Waals surface area contributed by atoms with Gasteiger partial charge in [-0.3, -0.25) is 4.79 Å². The highest BCUT2D eigenvalue weighted by Gasteiger charge is 2.21. The van der Waals surface area contributed by atoms with Gasteiger partial charge in [-0.2, -0.15) is 0 Å². The summed E-state index contributed by atoms with van der Waals surface area (Å²) in [6, 6.07) is 9.54. The zero-order valence-corrected chi connectivity index (χ0v) is 18.5. The lowest BCUT2D eigenvalue weighted by Crippen LogP contribution is -2.52. The SMILES string of the molecule is CCCCNC(=O)c1ccc(CN=C(NCC)N2CCN(c3ncccn3)CC2)cc1. The number of carbonyl (C=O) groups is 1. The van der Waals surface area contributed by atoms with Crippen LogP contribution in [0.2, 0.25) is 0 Å². The van der Waals surface area contributed by atoms with Crippen LogP contribution in [0.15, 0.2) is 47.7 Å². The molecule has 2 aromatic rings. The molecule has 0 radical (unpaired) electrons. The van der Waals surface area contributed by atoms with Gasteiger partial charge in [-0.25, -0.2) is 15.0 Å². The minimum Gasteiger partial charge on any atom is -0.357 e. The molecule has 166 valence electrons. The molecule has 2 N–H and O–H groups in total. The van der Waals surface area contributed by atoms with Crippen LogP contribution in [0, 0.1) is 0 Å². The molecule has 0 atom stereocenters. The van der Waals surface area contributed by atoms with E-state index in [-0.39, 0.29) is 5.91 Å². The maximum absolute atomic E-state index is 12.1. The van der Waals surface area contributed by atoms with E-state index >= 15 is 0 Å². The monoisotopic (exact) mass is 423 g/mol. The van der Waals surface area contributed by atoms with E-state index in [1.165, 1.54) is 0 Å². The second-order valence-electron chi connectivity index (χ2n) is 7.50. The highest BCUT2D eigenvalue weighted by Crippen LogP contribution is 2.11. The summed E-state index contributed by atoms with van der Waals surface area (Å²) in [4.78, 5) is 30.1. The van der Waals surface area contributed by atoms with Crippen molar-refractivity contribution in [2.45, 2.75) is 33.2 Å². The Bertz CT molecular complexity index is 831. The van der Waals surface area contributed by atoms with Gasteiger partial charge in [0.2, 0.25) is 5.95 Å². The Hall–Kier alpha value is -3.16. The second-order valence-corrected chi connectivity index (χ2v) is 7.50. The number of rotatable bonds is 8. The Morgan fingerprint density at radius 1 is 1.03 bits per heavy atom. The molecule has 0 aliphatic carbocycles. The molecule has 1 saturated heterocycles. The molecule has 1 aliphatic rings. The van der Waals surface area contributed by atoms with Crippen LogP contribution in [0.25, 0.3) is 0 Å². The molecular weight excluding hydrogens is 390 g/mol. The van der Waals surface area contributed by atoms with Gasteiger partial charge in [-0.1, -0.05) is 25.5 Å². The van der Waals surface area contributed by atoms with E-state index in [2.05, 4.69) is 44.2 Å². The summed E-state index contributed by atoms with van der Waals surface area (Å²) in [6.07, 6.45) is 5.62. The molecule has 0 bridgehead atoms. The topological polar surface area (TPSA) is 85.8 Å². The van der Waals surface area contributed by atoms with Crippen LogP contribution in [-0.4, -0.2) is 66.0 Å². The van der Waals surface area contributed by atoms with Crippen molar-refractivity contribution in [1.29, 1.82) is 0 Å². The van der Waals surface area contributed by atoms with Gasteiger partial charge in [0.05, 0.1) is 6.54 Å². The van der Waals surface area contributed by atoms with Crippen LogP contribution in [0.5, 0.6) is 0 Å². The number of guanidine groups is 1. The fraction of sp³-hybridized carbons (Fsp3) is 0.478. The van der Waals surface area contributed by atoms with Crippen LogP contribution < -0.4 is 15.5 Å². The van der Waals surface area contributed by atoms with Gasteiger partial charge in [-0.15, -0.1) is 0 Å². The first-order valence-corrected chi connectivity index (χ1v) is 11.1. The molecule has 0 saturated carbocycles. The highest BCUT2D eigenvalue weighted by molar-refractivity contribution is 5.94. The van der Waals surface area contributed by atoms with Gasteiger partial charge in [0.1, 0.15) is 0 Å². The standard InChI is InChI=1S/C23H33N7O/c1-3-5-11-25-21(31)20-9-7-19(8-10-20)18-28-22(24-4-2)29-14-16-30(17-15-29)23-26-12-6-13-27-23/h6-10,12-13H,3-5,11,14-18H2,1-2H3,(H,24,28)(H,25,31). The third-order valence-corrected chi connectivity index (χ3v) is 5.19. The predicted molar refractivity (Wildman–Crippen MR) is 124 cm³/mol. The van der Waals surface area contributed by atoms with Gasteiger partial charge in [0.15, 0.2) is 5.96 Å². The van der Waals surface area contributed by atoms with Crippen molar-refractivity contribution in [3.05, 3.63) is 53.9 Å². The van der Waals surface area contributed by atoms with E-state index in [1.54, 1.807) is 12.4 Å². The van der Waals surface area contributed by atoms with Gasteiger partial charge in [0.25, 0.3) is 5.91 Å². The first kappa shape index (κ1) is 22.5. The summed E-state index contributed by atoms with van der Waals surface area (Å²) >= 11 is 0. The molecule has 1 amide bonds. The van der Waals surface area contributed by atoms with E-state index in [1.807, 2.05) is 30.3 Å². The maximum atomic E-state index is 12.1. The molecule has 2 heterocycles. The fourth-order valence-electron chi connectivity index (χ4n) is 3.41. The number of piperazine rings is 1. The summed E-state index contributed by atoms with van der Waals surface area (Å²) in [6.45, 7) is 9.74. The molecule has 8 nitrogen and oxygen atoms in total. The molecule has 1 aromatic carbocycles. The number of anilines is 1. The first-order valence-electron chi connectivity index (χ1n) is 11.1. The number of hydrogen-bond donors (Lipinski definition) is 2. The summed E-state index contributed by atoms with van der Waals surface area (Å²) in [5.41, 5.74) is 1.77. The summed E-state index contributed by atoms with van der Waals surface area (Å²) in [7, 11) is 0. The molecule has 31 heavy (non-hydrogen) atoms. The quantitative estimate of drug-likeness (QED) is 0.385. The molecule has 0 unspecified atom stereocenters. The van der Waals surface area contributed by atoms with Crippen LogP contribution in [0.4, 0.5) is 5.95 Å². The van der Waals surface area contributed by atoms with Crippen molar-refractivity contribution in [3.63, 3.8) is 0 Å². The predicted octanol–water partition coefficient (Wildman–Crippen LogP) is 2.29. The largest absolute Gasteiger partial charge is 0.357 e. The van der Waals surface area contributed by atoms with Crippen molar-refractivity contribution < 1.29 is 4.79 Å². The second kappa shape index (κ2) is 11.9. The van der Waals surface area contributed by atoms with Crippen LogP contribution >= 0.6 is 0 Å². The van der Waals surface area contributed by atoms with Crippen molar-refractivity contribution in [1.82, 2.24) is 25.5 Å². The fourth-order valence-corrected chi connectivity index (χ4v) is 3.41. The molecule has 1 aliphatic heterocycles. The smallest absolute Gasteiger partial charge is 0.251 e. The van der Waals surface area contributed by atoms with Crippen LogP contribution in [-0.2, 0) is 6.54 Å². The number of aromatic nitrogens is 2.